The molecule has 7 rings (SSSR count). The van der Waals surface area contributed by atoms with E-state index in [9.17, 15) is 36.4 Å². The molecule has 3 aliphatic heterocycles. The van der Waals surface area contributed by atoms with E-state index in [-0.39, 0.29) is 54.9 Å². The number of rotatable bonds is 10. The highest BCUT2D eigenvalue weighted by Gasteiger charge is 2.33. The molecule has 0 bridgehead atoms. The van der Waals surface area contributed by atoms with Gasteiger partial charge in [0.05, 0.1) is 27.2 Å². The van der Waals surface area contributed by atoms with Gasteiger partial charge >= 0.3 is 12.2 Å². The van der Waals surface area contributed by atoms with Gasteiger partial charge < -0.3 is 15.5 Å². The summed E-state index contributed by atoms with van der Waals surface area (Å²) in [5, 5.41) is 24.0. The van der Waals surface area contributed by atoms with Gasteiger partial charge in [0.2, 0.25) is 21.9 Å². The van der Waals surface area contributed by atoms with Crippen molar-refractivity contribution in [3.63, 3.8) is 0 Å². The summed E-state index contributed by atoms with van der Waals surface area (Å²) in [4.78, 5) is 35.6. The number of hydrogen-bond acceptors (Lipinski definition) is 11. The molecule has 3 fully saturated rings. The molecular formula is C37H42F3N11O4S. The lowest BCUT2D eigenvalue weighted by molar-refractivity contribution is -0.138. The summed E-state index contributed by atoms with van der Waals surface area (Å²) in [7, 11) is -2.05. The summed E-state index contributed by atoms with van der Waals surface area (Å²) in [6.07, 6.45) is -0.225. The molecule has 3 aliphatic rings. The molecule has 19 heteroatoms. The number of anilines is 3. The monoisotopic (exact) mass is 793 g/mol. The molecule has 2 aromatic heterocycles. The highest BCUT2D eigenvalue weighted by molar-refractivity contribution is 7.89. The van der Waals surface area contributed by atoms with Crippen LogP contribution in [0, 0.1) is 11.3 Å². The first-order chi connectivity index (χ1) is 26.7. The number of aryl methyl sites for hydroxylation is 1. The third-order valence-corrected chi connectivity index (χ3v) is 12.6. The predicted molar refractivity (Wildman–Crippen MR) is 201 cm³/mol. The number of fused-ring (bicyclic) bond motifs is 1. The van der Waals surface area contributed by atoms with E-state index < -0.39 is 27.8 Å². The van der Waals surface area contributed by atoms with Crippen molar-refractivity contribution < 1.29 is 31.2 Å². The molecule has 2 aromatic carbocycles. The van der Waals surface area contributed by atoms with Crippen LogP contribution in [0.1, 0.15) is 61.6 Å². The zero-order chi connectivity index (χ0) is 39.8. The number of carbonyl (C=O) groups excluding carboxylic acids is 2. The number of piperidine rings is 2. The average Bonchev–Trinajstić information content (AvgIpc) is 3.50. The zero-order valence-corrected chi connectivity index (χ0v) is 31.7. The first kappa shape index (κ1) is 38.9. The van der Waals surface area contributed by atoms with Crippen molar-refractivity contribution in [2.75, 3.05) is 54.8 Å². The van der Waals surface area contributed by atoms with E-state index in [0.29, 0.717) is 54.8 Å². The van der Waals surface area contributed by atoms with Gasteiger partial charge in [0.25, 0.3) is 0 Å². The summed E-state index contributed by atoms with van der Waals surface area (Å²) < 4.78 is 69.1. The van der Waals surface area contributed by atoms with Crippen LogP contribution in [0.15, 0.2) is 53.7 Å². The summed E-state index contributed by atoms with van der Waals surface area (Å²) in [6, 6.07) is 12.0. The Labute approximate surface area is 321 Å². The number of likely N-dealkylation sites (tertiary alicyclic amines) is 1. The molecule has 56 heavy (non-hydrogen) atoms. The molecule has 3 amide bonds. The minimum Gasteiger partial charge on any atom is -0.380 e. The molecule has 0 spiro atoms. The van der Waals surface area contributed by atoms with Crippen LogP contribution in [-0.2, 0) is 28.0 Å². The molecule has 0 saturated carbocycles. The number of hydrogen-bond donors (Lipinski definition) is 3. The fourth-order valence-corrected chi connectivity index (χ4v) is 9.14. The molecule has 3 N–H and O–H groups in total. The molecule has 0 unspecified atom stereocenters. The van der Waals surface area contributed by atoms with Crippen LogP contribution in [0.3, 0.4) is 0 Å². The van der Waals surface area contributed by atoms with E-state index in [1.807, 2.05) is 20.0 Å². The third-order valence-electron chi connectivity index (χ3n) is 10.7. The molecular weight excluding hydrogens is 752 g/mol. The fraction of sp³-hybridized carbons (Fsp3) is 0.459. The van der Waals surface area contributed by atoms with E-state index in [1.54, 1.807) is 4.68 Å². The highest BCUT2D eigenvalue weighted by atomic mass is 32.2. The van der Waals surface area contributed by atoms with Gasteiger partial charge in [0.1, 0.15) is 6.07 Å². The van der Waals surface area contributed by atoms with Crippen LogP contribution >= 0.6 is 0 Å². The average molecular weight is 794 g/mol. The Kier molecular flexibility index (Phi) is 10.9. The Bertz CT molecular complexity index is 2260. The first-order valence-corrected chi connectivity index (χ1v) is 19.9. The lowest BCUT2D eigenvalue weighted by Gasteiger charge is -2.34. The Morgan fingerprint density at radius 2 is 1.71 bits per heavy atom. The lowest BCUT2D eigenvalue weighted by atomic mass is 9.89. The zero-order valence-electron chi connectivity index (χ0n) is 30.9. The van der Waals surface area contributed by atoms with Crippen molar-refractivity contribution in [3.8, 4) is 6.07 Å². The normalized spacial score (nSPS) is 18.8. The maximum atomic E-state index is 13.7. The lowest BCUT2D eigenvalue weighted by Crippen LogP contribution is -2.49. The molecule has 296 valence electrons. The minimum absolute atomic E-state index is 0.0466. The number of nitriles is 1. The fourth-order valence-electron chi connectivity index (χ4n) is 7.64. The molecule has 4 aromatic rings. The molecule has 15 nitrogen and oxygen atoms in total. The van der Waals surface area contributed by atoms with Crippen molar-refractivity contribution >= 4 is 50.3 Å². The summed E-state index contributed by atoms with van der Waals surface area (Å²) >= 11 is 0. The Hall–Kier alpha value is -5.32. The van der Waals surface area contributed by atoms with E-state index in [0.717, 1.165) is 36.8 Å². The van der Waals surface area contributed by atoms with Crippen molar-refractivity contribution in [3.05, 3.63) is 65.5 Å². The molecule has 5 heterocycles. The molecule has 1 atom stereocenters. The van der Waals surface area contributed by atoms with E-state index >= 15 is 0 Å². The SMILES string of the molecule is C[C@H](CN1CCC(c2ccc3c(N4CCC(=O)NC4=O)nn(C)c3c2)CC1)Nc1cc(S(=O)(=O)N2CCC(Nc3ncc(C(F)(F)F)cn3)CC2)ccc1C#N. The van der Waals surface area contributed by atoms with Gasteiger partial charge in [-0.05, 0) is 87.5 Å². The van der Waals surface area contributed by atoms with Gasteiger partial charge in [-0.2, -0.15) is 27.8 Å². The quantitative estimate of drug-likeness (QED) is 0.204. The van der Waals surface area contributed by atoms with Crippen molar-refractivity contribution in [1.29, 1.82) is 5.26 Å². The smallest absolute Gasteiger partial charge is 0.380 e. The second-order valence-electron chi connectivity index (χ2n) is 14.5. The maximum Gasteiger partial charge on any atom is 0.419 e. The molecule has 0 aliphatic carbocycles. The van der Waals surface area contributed by atoms with Crippen LogP contribution in [0.2, 0.25) is 0 Å². The minimum atomic E-state index is -4.54. The summed E-state index contributed by atoms with van der Waals surface area (Å²) in [5.74, 6) is 0.617. The number of nitrogens with one attached hydrogen (secondary N) is 3. The van der Waals surface area contributed by atoms with Crippen LogP contribution in [0.5, 0.6) is 0 Å². The van der Waals surface area contributed by atoms with Gasteiger partial charge in [0.15, 0.2) is 5.82 Å². The number of sulfonamides is 1. The maximum absolute atomic E-state index is 13.7. The van der Waals surface area contributed by atoms with Gasteiger partial charge in [-0.15, -0.1) is 0 Å². The molecule has 0 radical (unpaired) electrons. The van der Waals surface area contributed by atoms with Crippen LogP contribution in [0.4, 0.5) is 35.4 Å². The van der Waals surface area contributed by atoms with Crippen molar-refractivity contribution in [2.45, 2.75) is 68.1 Å². The van der Waals surface area contributed by atoms with Gasteiger partial charge in [-0.25, -0.2) is 23.2 Å². The van der Waals surface area contributed by atoms with E-state index in [4.69, 9.17) is 0 Å². The number of nitrogens with zero attached hydrogens (tertiary/aromatic N) is 8. The molecule has 3 saturated heterocycles. The number of carbonyl (C=O) groups is 2. The predicted octanol–water partition coefficient (Wildman–Crippen LogP) is 4.65. The Morgan fingerprint density at radius 1 is 1.00 bits per heavy atom. The topological polar surface area (TPSA) is 181 Å². The number of aromatic nitrogens is 4. The Morgan fingerprint density at radius 3 is 2.38 bits per heavy atom. The number of benzene rings is 2. The second kappa shape index (κ2) is 15.7. The number of halogens is 3. The van der Waals surface area contributed by atoms with E-state index in [1.165, 1.54) is 33.0 Å². The van der Waals surface area contributed by atoms with Crippen molar-refractivity contribution in [1.82, 2.24) is 34.3 Å². The van der Waals surface area contributed by atoms with E-state index in [2.05, 4.69) is 54.1 Å². The van der Waals surface area contributed by atoms with Crippen LogP contribution in [0.25, 0.3) is 10.9 Å². The van der Waals surface area contributed by atoms with Crippen LogP contribution < -0.4 is 20.9 Å². The number of alkyl halides is 3. The first-order valence-electron chi connectivity index (χ1n) is 18.5. The number of amides is 3. The van der Waals surface area contributed by atoms with Gasteiger partial charge in [-0.1, -0.05) is 6.07 Å². The summed E-state index contributed by atoms with van der Waals surface area (Å²) in [6.45, 7) is 5.04. The van der Waals surface area contributed by atoms with Crippen molar-refractivity contribution in [2.24, 2.45) is 7.05 Å². The van der Waals surface area contributed by atoms with Gasteiger partial charge in [0, 0.05) is 69.5 Å². The number of imide groups is 1. The standard InChI is InChI=1S/C37H42F3N11O4S/c1-23(22-49-12-7-24(8-13-49)25-4-6-30-32(17-25)48(2)47-34(30)51-16-11-33(52)46-36(51)53)44-31-18-29(5-3-26(31)19-41)56(54,55)50-14-9-28(10-15-50)45-35-42-20-27(21-43-35)37(38,39)40/h3-6,17-18,20-21,23-24,28,44H,7-16,22H2,1-2H3,(H,42,43,45)(H,46,52,53)/t23-/m1/s1. The second-order valence-corrected chi connectivity index (χ2v) is 16.5. The summed E-state index contributed by atoms with van der Waals surface area (Å²) in [5.41, 5.74) is 1.92. The third kappa shape index (κ3) is 8.27. The number of urea groups is 1. The van der Waals surface area contributed by atoms with Crippen LogP contribution in [-0.4, -0.2) is 101 Å². The van der Waals surface area contributed by atoms with Gasteiger partial charge in [-0.3, -0.25) is 19.7 Å². The largest absolute Gasteiger partial charge is 0.419 e. The Balaban J connectivity index is 0.928. The highest BCUT2D eigenvalue weighted by Crippen LogP contribution is 2.34.